The molecule has 1 saturated heterocycles. The lowest BCUT2D eigenvalue weighted by molar-refractivity contribution is 0.434. The molecule has 2 aliphatic rings. The van der Waals surface area contributed by atoms with Crippen LogP contribution >= 0.6 is 15.9 Å². The summed E-state index contributed by atoms with van der Waals surface area (Å²) in [5, 5.41) is 3.64. The molecule has 1 aliphatic carbocycles. The lowest BCUT2D eigenvalue weighted by Gasteiger charge is -2.26. The summed E-state index contributed by atoms with van der Waals surface area (Å²) in [5.74, 6) is 0.790. The molecule has 18 heavy (non-hydrogen) atoms. The predicted octanol–water partition coefficient (Wildman–Crippen LogP) is 4.71. The largest absolute Gasteiger partial charge is 0.308 e. The van der Waals surface area contributed by atoms with Crippen molar-refractivity contribution in [1.29, 1.82) is 0 Å². The zero-order valence-corrected chi connectivity index (χ0v) is 12.7. The van der Waals surface area contributed by atoms with E-state index in [4.69, 9.17) is 0 Å². The van der Waals surface area contributed by atoms with Gasteiger partial charge in [0.15, 0.2) is 0 Å². The molecule has 0 spiro atoms. The second-order valence-electron chi connectivity index (χ2n) is 6.08. The average molecular weight is 308 g/mol. The molecule has 3 rings (SSSR count). The third-order valence-electron chi connectivity index (χ3n) is 4.80. The molecule has 1 nitrogen and oxygen atoms in total. The van der Waals surface area contributed by atoms with Gasteiger partial charge in [-0.15, -0.1) is 0 Å². The Morgan fingerprint density at radius 3 is 2.61 bits per heavy atom. The van der Waals surface area contributed by atoms with Crippen LogP contribution in [0.1, 0.15) is 62.5 Å². The van der Waals surface area contributed by atoms with E-state index in [1.54, 1.807) is 0 Å². The summed E-state index contributed by atoms with van der Waals surface area (Å²) in [6, 6.07) is 7.06. The fourth-order valence-electron chi connectivity index (χ4n) is 3.58. The molecule has 2 heteroatoms. The highest BCUT2D eigenvalue weighted by molar-refractivity contribution is 9.10. The van der Waals surface area contributed by atoms with Crippen molar-refractivity contribution < 1.29 is 0 Å². The molecule has 2 fully saturated rings. The summed E-state index contributed by atoms with van der Waals surface area (Å²) >= 11 is 3.80. The van der Waals surface area contributed by atoms with Gasteiger partial charge >= 0.3 is 0 Å². The average Bonchev–Trinajstić information content (AvgIpc) is 3.00. The Hall–Kier alpha value is -0.340. The van der Waals surface area contributed by atoms with Crippen LogP contribution in [-0.4, -0.2) is 6.54 Å². The van der Waals surface area contributed by atoms with E-state index in [1.165, 1.54) is 54.1 Å². The van der Waals surface area contributed by atoms with Gasteiger partial charge in [0.25, 0.3) is 0 Å². The standard InChI is InChI=1S/C16H22BrN/c1-16(9-4-10-18-16)13-7-8-14(15(17)11-13)12-5-2-3-6-12/h7-8,11-12,18H,2-6,9-10H2,1H3. The molecule has 1 aromatic rings. The zero-order valence-electron chi connectivity index (χ0n) is 11.1. The second-order valence-corrected chi connectivity index (χ2v) is 6.93. The summed E-state index contributed by atoms with van der Waals surface area (Å²) in [6.07, 6.45) is 8.08. The van der Waals surface area contributed by atoms with Gasteiger partial charge in [-0.2, -0.15) is 0 Å². The van der Waals surface area contributed by atoms with Crippen LogP contribution in [0.5, 0.6) is 0 Å². The first-order valence-corrected chi connectivity index (χ1v) is 8.03. The maximum absolute atomic E-state index is 3.80. The third kappa shape index (κ3) is 2.25. The van der Waals surface area contributed by atoms with Crippen LogP contribution in [0.15, 0.2) is 22.7 Å². The summed E-state index contributed by atoms with van der Waals surface area (Å²) in [7, 11) is 0. The fourth-order valence-corrected chi connectivity index (χ4v) is 4.28. The molecular weight excluding hydrogens is 286 g/mol. The van der Waals surface area contributed by atoms with Crippen molar-refractivity contribution in [3.05, 3.63) is 33.8 Å². The Morgan fingerprint density at radius 2 is 2.00 bits per heavy atom. The van der Waals surface area contributed by atoms with Crippen molar-refractivity contribution >= 4 is 15.9 Å². The third-order valence-corrected chi connectivity index (χ3v) is 5.49. The number of hydrogen-bond donors (Lipinski definition) is 1. The van der Waals surface area contributed by atoms with Crippen LogP contribution in [0, 0.1) is 0 Å². The predicted molar refractivity (Wildman–Crippen MR) is 79.9 cm³/mol. The first-order valence-electron chi connectivity index (χ1n) is 7.24. The highest BCUT2D eigenvalue weighted by Crippen LogP contribution is 2.40. The molecule has 98 valence electrons. The van der Waals surface area contributed by atoms with Gasteiger partial charge in [0.2, 0.25) is 0 Å². The normalized spacial score (nSPS) is 29.0. The van der Waals surface area contributed by atoms with Gasteiger partial charge in [-0.1, -0.05) is 40.9 Å². The van der Waals surface area contributed by atoms with E-state index >= 15 is 0 Å². The molecule has 0 aromatic heterocycles. The van der Waals surface area contributed by atoms with Gasteiger partial charge in [0.05, 0.1) is 0 Å². The van der Waals surface area contributed by atoms with Crippen molar-refractivity contribution in [1.82, 2.24) is 5.32 Å². The Kier molecular flexibility index (Phi) is 3.50. The molecule has 1 atom stereocenters. The fraction of sp³-hybridized carbons (Fsp3) is 0.625. The number of halogens is 1. The first kappa shape index (κ1) is 12.7. The number of rotatable bonds is 2. The van der Waals surface area contributed by atoms with Crippen molar-refractivity contribution in [2.45, 2.75) is 56.9 Å². The topological polar surface area (TPSA) is 12.0 Å². The van der Waals surface area contributed by atoms with Gasteiger partial charge in [-0.05, 0) is 62.3 Å². The van der Waals surface area contributed by atoms with Crippen molar-refractivity contribution in [2.24, 2.45) is 0 Å². The Morgan fingerprint density at radius 1 is 1.22 bits per heavy atom. The van der Waals surface area contributed by atoms with E-state index in [0.717, 1.165) is 12.5 Å². The molecule has 0 bridgehead atoms. The smallest absolute Gasteiger partial charge is 0.0406 e. The highest BCUT2D eigenvalue weighted by atomic mass is 79.9. The van der Waals surface area contributed by atoms with E-state index in [2.05, 4.69) is 46.4 Å². The summed E-state index contributed by atoms with van der Waals surface area (Å²) in [6.45, 7) is 3.48. The second kappa shape index (κ2) is 4.97. The minimum absolute atomic E-state index is 0.191. The van der Waals surface area contributed by atoms with Crippen LogP contribution in [-0.2, 0) is 5.54 Å². The Bertz CT molecular complexity index is 429. The van der Waals surface area contributed by atoms with Crippen LogP contribution in [0.2, 0.25) is 0 Å². The highest BCUT2D eigenvalue weighted by Gasteiger charge is 2.30. The molecule has 0 radical (unpaired) electrons. The van der Waals surface area contributed by atoms with E-state index in [-0.39, 0.29) is 5.54 Å². The maximum Gasteiger partial charge on any atom is 0.0406 e. The van der Waals surface area contributed by atoms with Gasteiger partial charge in [0.1, 0.15) is 0 Å². The molecular formula is C16H22BrN. The van der Waals surface area contributed by atoms with Gasteiger partial charge in [-0.25, -0.2) is 0 Å². The lowest BCUT2D eigenvalue weighted by Crippen LogP contribution is -2.33. The van der Waals surface area contributed by atoms with Crippen LogP contribution in [0.3, 0.4) is 0 Å². The van der Waals surface area contributed by atoms with Crippen LogP contribution in [0.4, 0.5) is 0 Å². The molecule has 1 unspecified atom stereocenters. The van der Waals surface area contributed by atoms with E-state index in [9.17, 15) is 0 Å². The Balaban J connectivity index is 1.88. The van der Waals surface area contributed by atoms with Crippen LogP contribution < -0.4 is 5.32 Å². The molecule has 1 aliphatic heterocycles. The lowest BCUT2D eigenvalue weighted by atomic mass is 9.88. The van der Waals surface area contributed by atoms with E-state index in [1.807, 2.05) is 0 Å². The minimum Gasteiger partial charge on any atom is -0.308 e. The van der Waals surface area contributed by atoms with Crippen molar-refractivity contribution in [3.8, 4) is 0 Å². The van der Waals surface area contributed by atoms with E-state index < -0.39 is 0 Å². The summed E-state index contributed by atoms with van der Waals surface area (Å²) < 4.78 is 1.32. The minimum atomic E-state index is 0.191. The van der Waals surface area contributed by atoms with Crippen LogP contribution in [0.25, 0.3) is 0 Å². The van der Waals surface area contributed by atoms with Crippen molar-refractivity contribution in [2.75, 3.05) is 6.54 Å². The first-order chi connectivity index (χ1) is 8.69. The number of hydrogen-bond acceptors (Lipinski definition) is 1. The number of benzene rings is 1. The molecule has 1 heterocycles. The summed E-state index contributed by atoms with van der Waals surface area (Å²) in [4.78, 5) is 0. The molecule has 1 N–H and O–H groups in total. The maximum atomic E-state index is 3.80. The molecule has 1 aromatic carbocycles. The zero-order chi connectivity index (χ0) is 12.6. The monoisotopic (exact) mass is 307 g/mol. The molecule has 1 saturated carbocycles. The van der Waals surface area contributed by atoms with Gasteiger partial charge < -0.3 is 5.32 Å². The van der Waals surface area contributed by atoms with E-state index in [0.29, 0.717) is 0 Å². The molecule has 0 amide bonds. The van der Waals surface area contributed by atoms with Gasteiger partial charge in [-0.3, -0.25) is 0 Å². The van der Waals surface area contributed by atoms with Gasteiger partial charge in [0, 0.05) is 10.0 Å². The Labute approximate surface area is 118 Å². The van der Waals surface area contributed by atoms with Crippen molar-refractivity contribution in [3.63, 3.8) is 0 Å². The number of nitrogens with one attached hydrogen (secondary N) is 1. The SMILES string of the molecule is CC1(c2ccc(C3CCCC3)c(Br)c2)CCCN1. The quantitative estimate of drug-likeness (QED) is 0.834. The summed E-state index contributed by atoms with van der Waals surface area (Å²) in [5.41, 5.74) is 3.16.